The summed E-state index contributed by atoms with van der Waals surface area (Å²) < 4.78 is 41.2. The van der Waals surface area contributed by atoms with Crippen LogP contribution in [0.25, 0.3) is 0 Å². The summed E-state index contributed by atoms with van der Waals surface area (Å²) in [5, 5.41) is 4.90. The molecule has 2 aromatic carbocycles. The Morgan fingerprint density at radius 3 is 2.68 bits per heavy atom. The van der Waals surface area contributed by atoms with Crippen molar-refractivity contribution in [1.29, 1.82) is 0 Å². The van der Waals surface area contributed by atoms with E-state index < -0.39 is 10.0 Å². The lowest BCUT2D eigenvalue weighted by atomic mass is 10.0. The number of thioether (sulfide) groups is 1. The van der Waals surface area contributed by atoms with Gasteiger partial charge in [0.1, 0.15) is 5.82 Å². The zero-order valence-corrected chi connectivity index (χ0v) is 19.0. The summed E-state index contributed by atoms with van der Waals surface area (Å²) in [6.07, 6.45) is 1.33. The molecule has 3 aromatic rings. The van der Waals surface area contributed by atoms with Gasteiger partial charge in [0.15, 0.2) is 0 Å². The monoisotopic (exact) mass is 476 g/mol. The quantitative estimate of drug-likeness (QED) is 0.531. The van der Waals surface area contributed by atoms with Gasteiger partial charge in [0.25, 0.3) is 5.91 Å². The topological polar surface area (TPSA) is 75.3 Å². The first kappa shape index (κ1) is 22.0. The summed E-state index contributed by atoms with van der Waals surface area (Å²) in [4.78, 5) is 14.9. The Labute approximate surface area is 189 Å². The molecule has 1 unspecified atom stereocenters. The summed E-state index contributed by atoms with van der Waals surface area (Å²) >= 11 is 3.23. The SMILES string of the molecule is O=C(NC1CCSc2ccc(F)cc21)c1ccc(S(=O)(=O)NCCc2cccs2)cc1. The largest absolute Gasteiger partial charge is 0.345 e. The lowest BCUT2D eigenvalue weighted by Crippen LogP contribution is -2.31. The van der Waals surface area contributed by atoms with Gasteiger partial charge in [0.05, 0.1) is 10.9 Å². The highest BCUT2D eigenvalue weighted by Crippen LogP contribution is 2.36. The maximum absolute atomic E-state index is 13.7. The second-order valence-corrected chi connectivity index (χ2v) is 11.0. The summed E-state index contributed by atoms with van der Waals surface area (Å²) in [6, 6.07) is 14.1. The molecule has 0 saturated carbocycles. The highest BCUT2D eigenvalue weighted by Gasteiger charge is 2.23. The molecule has 2 heterocycles. The molecule has 5 nitrogen and oxygen atoms in total. The summed E-state index contributed by atoms with van der Waals surface area (Å²) in [6.45, 7) is 0.306. The van der Waals surface area contributed by atoms with Crippen molar-refractivity contribution in [3.63, 3.8) is 0 Å². The molecule has 4 rings (SSSR count). The molecule has 162 valence electrons. The van der Waals surface area contributed by atoms with Crippen LogP contribution < -0.4 is 10.0 Å². The molecule has 0 fully saturated rings. The number of thiophene rings is 1. The van der Waals surface area contributed by atoms with Crippen molar-refractivity contribution < 1.29 is 17.6 Å². The Balaban J connectivity index is 1.40. The second kappa shape index (κ2) is 9.52. The molecule has 2 N–H and O–H groups in total. The number of hydrogen-bond acceptors (Lipinski definition) is 5. The molecule has 1 aromatic heterocycles. The van der Waals surface area contributed by atoms with E-state index in [-0.39, 0.29) is 22.7 Å². The molecule has 1 amide bonds. The Hall–Kier alpha value is -2.20. The highest BCUT2D eigenvalue weighted by molar-refractivity contribution is 7.99. The van der Waals surface area contributed by atoms with Crippen LogP contribution in [0.4, 0.5) is 4.39 Å². The maximum Gasteiger partial charge on any atom is 0.251 e. The van der Waals surface area contributed by atoms with E-state index in [0.29, 0.717) is 24.9 Å². The molecular formula is C22H21FN2O3S3. The first-order valence-electron chi connectivity index (χ1n) is 9.77. The van der Waals surface area contributed by atoms with Crippen molar-refractivity contribution in [3.8, 4) is 0 Å². The van der Waals surface area contributed by atoms with Crippen LogP contribution in [-0.4, -0.2) is 26.6 Å². The molecule has 1 aliphatic rings. The van der Waals surface area contributed by atoms with E-state index in [9.17, 15) is 17.6 Å². The molecule has 0 saturated heterocycles. The number of benzene rings is 2. The summed E-state index contributed by atoms with van der Waals surface area (Å²) in [5.74, 6) is 0.182. The lowest BCUT2D eigenvalue weighted by Gasteiger charge is -2.26. The van der Waals surface area contributed by atoms with E-state index >= 15 is 0 Å². The normalized spacial score (nSPS) is 16.0. The van der Waals surface area contributed by atoms with Crippen molar-refractivity contribution in [2.24, 2.45) is 0 Å². The van der Waals surface area contributed by atoms with E-state index in [2.05, 4.69) is 10.0 Å². The number of sulfonamides is 1. The van der Waals surface area contributed by atoms with Gasteiger partial charge < -0.3 is 5.32 Å². The first-order chi connectivity index (χ1) is 14.9. The van der Waals surface area contributed by atoms with Crippen LogP contribution in [0.15, 0.2) is 69.8 Å². The van der Waals surface area contributed by atoms with Gasteiger partial charge in [0.2, 0.25) is 10.0 Å². The average Bonchev–Trinajstić information content (AvgIpc) is 3.27. The van der Waals surface area contributed by atoms with Gasteiger partial charge >= 0.3 is 0 Å². The molecule has 0 spiro atoms. The van der Waals surface area contributed by atoms with Crippen LogP contribution in [0.2, 0.25) is 0 Å². The fourth-order valence-corrected chi connectivity index (χ4v) is 6.24. The van der Waals surface area contributed by atoms with Crippen LogP contribution in [0.5, 0.6) is 0 Å². The third-order valence-electron chi connectivity index (χ3n) is 4.99. The van der Waals surface area contributed by atoms with Crippen LogP contribution in [0.3, 0.4) is 0 Å². The molecule has 1 atom stereocenters. The van der Waals surface area contributed by atoms with Gasteiger partial charge in [-0.15, -0.1) is 23.1 Å². The van der Waals surface area contributed by atoms with E-state index in [0.717, 1.165) is 21.1 Å². The molecule has 0 aliphatic carbocycles. The lowest BCUT2D eigenvalue weighted by molar-refractivity contribution is 0.0934. The first-order valence-corrected chi connectivity index (χ1v) is 13.1. The average molecular weight is 477 g/mol. The smallest absolute Gasteiger partial charge is 0.251 e. The fourth-order valence-electron chi connectivity index (χ4n) is 3.39. The molecular weight excluding hydrogens is 455 g/mol. The van der Waals surface area contributed by atoms with Gasteiger partial charge in [-0.05, 0) is 72.3 Å². The standard InChI is InChI=1S/C22H21FN2O3S3/c23-16-5-8-21-19(14-16)20(10-13-30-21)25-22(26)15-3-6-18(7-4-15)31(27,28)24-11-9-17-2-1-12-29-17/h1-8,12,14,20,24H,9-11,13H2,(H,25,26). The highest BCUT2D eigenvalue weighted by atomic mass is 32.2. The summed E-state index contributed by atoms with van der Waals surface area (Å²) in [7, 11) is -3.65. The van der Waals surface area contributed by atoms with Crippen LogP contribution in [0, 0.1) is 5.82 Å². The van der Waals surface area contributed by atoms with Gasteiger partial charge in [0, 0.05) is 27.6 Å². The maximum atomic E-state index is 13.7. The number of carbonyl (C=O) groups excluding carboxylic acids is 1. The van der Waals surface area contributed by atoms with Crippen molar-refractivity contribution in [2.75, 3.05) is 12.3 Å². The second-order valence-electron chi connectivity index (χ2n) is 7.10. The zero-order valence-electron chi connectivity index (χ0n) is 16.5. The van der Waals surface area contributed by atoms with Gasteiger partial charge in [-0.3, -0.25) is 4.79 Å². The fraction of sp³-hybridized carbons (Fsp3) is 0.227. The molecule has 9 heteroatoms. The number of carbonyl (C=O) groups is 1. The van der Waals surface area contributed by atoms with E-state index in [4.69, 9.17) is 0 Å². The minimum atomic E-state index is -3.65. The number of nitrogens with one attached hydrogen (secondary N) is 2. The Morgan fingerprint density at radius 1 is 1.13 bits per heavy atom. The zero-order chi connectivity index (χ0) is 21.8. The number of hydrogen-bond donors (Lipinski definition) is 2. The number of rotatable bonds is 7. The number of halogens is 1. The number of amides is 1. The van der Waals surface area contributed by atoms with Crippen molar-refractivity contribution >= 4 is 39.0 Å². The minimum Gasteiger partial charge on any atom is -0.345 e. The van der Waals surface area contributed by atoms with E-state index in [1.54, 1.807) is 29.2 Å². The van der Waals surface area contributed by atoms with Crippen LogP contribution >= 0.6 is 23.1 Å². The van der Waals surface area contributed by atoms with Gasteiger partial charge in [-0.2, -0.15) is 0 Å². The van der Waals surface area contributed by atoms with Gasteiger partial charge in [-0.1, -0.05) is 6.07 Å². The molecule has 31 heavy (non-hydrogen) atoms. The van der Waals surface area contributed by atoms with Gasteiger partial charge in [-0.25, -0.2) is 17.5 Å². The Bertz CT molecular complexity index is 1160. The molecule has 1 aliphatic heterocycles. The Kier molecular flexibility index (Phi) is 6.76. The van der Waals surface area contributed by atoms with Crippen molar-refractivity contribution in [3.05, 3.63) is 81.8 Å². The molecule has 0 radical (unpaired) electrons. The molecule has 0 bridgehead atoms. The van der Waals surface area contributed by atoms with Crippen LogP contribution in [-0.2, 0) is 16.4 Å². The third kappa shape index (κ3) is 5.35. The van der Waals surface area contributed by atoms with E-state index in [1.807, 2.05) is 17.5 Å². The van der Waals surface area contributed by atoms with Crippen molar-refractivity contribution in [2.45, 2.75) is 28.7 Å². The number of fused-ring (bicyclic) bond motifs is 1. The summed E-state index contributed by atoms with van der Waals surface area (Å²) in [5.41, 5.74) is 1.13. The van der Waals surface area contributed by atoms with E-state index in [1.165, 1.54) is 36.4 Å². The third-order valence-corrected chi connectivity index (χ3v) is 8.52. The van der Waals surface area contributed by atoms with Crippen molar-refractivity contribution in [1.82, 2.24) is 10.0 Å². The predicted octanol–water partition coefficient (Wildman–Crippen LogP) is 4.38. The minimum absolute atomic E-state index is 0.108. The Morgan fingerprint density at radius 2 is 1.94 bits per heavy atom. The predicted molar refractivity (Wildman–Crippen MR) is 122 cm³/mol. The van der Waals surface area contributed by atoms with Crippen LogP contribution in [0.1, 0.15) is 33.3 Å².